The largest absolute Gasteiger partial charge is 0.394 e. The van der Waals surface area contributed by atoms with Crippen LogP contribution < -0.4 is 5.32 Å². The van der Waals surface area contributed by atoms with Gasteiger partial charge in [0, 0.05) is 19.5 Å². The molecule has 54 heavy (non-hydrogen) atoms. The van der Waals surface area contributed by atoms with E-state index in [1.54, 1.807) is 18.7 Å². The normalized spacial score (nSPS) is 13.4. The number of carbonyl (C=O) groups is 2. The second-order valence-electron chi connectivity index (χ2n) is 12.9. The highest BCUT2D eigenvalue weighted by atomic mass is 16.5. The molecule has 0 spiro atoms. The van der Waals surface area contributed by atoms with Gasteiger partial charge in [-0.05, 0) is 112 Å². The highest BCUT2D eigenvalue weighted by Crippen LogP contribution is 2.21. The summed E-state index contributed by atoms with van der Waals surface area (Å²) in [5.41, 5.74) is 0. The first-order valence-corrected chi connectivity index (χ1v) is 19.7. The van der Waals surface area contributed by atoms with Crippen LogP contribution in [0, 0.1) is 82.9 Å². The first-order chi connectivity index (χ1) is 26.4. The fourth-order valence-corrected chi connectivity index (χ4v) is 5.39. The highest BCUT2D eigenvalue weighted by Gasteiger charge is 2.35. The first kappa shape index (κ1) is 49.7. The maximum atomic E-state index is 12.4. The molecule has 8 heteroatoms. The molecular formula is C46H64N2O6. The van der Waals surface area contributed by atoms with E-state index in [1.165, 1.54) is 70.6 Å². The molecule has 2 atom stereocenters. The molecule has 294 valence electrons. The van der Waals surface area contributed by atoms with Gasteiger partial charge in [0.1, 0.15) is 6.61 Å². The van der Waals surface area contributed by atoms with Crippen LogP contribution in [0.5, 0.6) is 0 Å². The number of hydrogen-bond donors (Lipinski definition) is 2. The molecule has 1 saturated heterocycles. The minimum absolute atomic E-state index is 0.0376. The molecule has 0 unspecified atom stereocenters. The molecule has 0 aliphatic carbocycles. The van der Waals surface area contributed by atoms with E-state index in [4.69, 9.17) is 14.2 Å². The Balaban J connectivity index is 0.00000147. The molecular weight excluding hydrogens is 677 g/mol. The van der Waals surface area contributed by atoms with Crippen molar-refractivity contribution in [2.75, 3.05) is 46.1 Å². The second kappa shape index (κ2) is 38.4. The van der Waals surface area contributed by atoms with E-state index in [0.29, 0.717) is 45.8 Å². The second-order valence-corrected chi connectivity index (χ2v) is 12.9. The number of rotatable bonds is 25. The highest BCUT2D eigenvalue weighted by molar-refractivity contribution is 5.78. The van der Waals surface area contributed by atoms with E-state index in [2.05, 4.69) is 95.1 Å². The van der Waals surface area contributed by atoms with Gasteiger partial charge in [0.15, 0.2) is 0 Å². The number of amides is 2. The third kappa shape index (κ3) is 32.4. The maximum Gasteiger partial charge on any atom is 0.248 e. The van der Waals surface area contributed by atoms with Gasteiger partial charge in [-0.1, -0.05) is 95.8 Å². The van der Waals surface area contributed by atoms with E-state index < -0.39 is 0 Å². The average molecular weight is 741 g/mol. The third-order valence-corrected chi connectivity index (χ3v) is 7.98. The van der Waals surface area contributed by atoms with Gasteiger partial charge in [-0.25, -0.2) is 0 Å². The lowest BCUT2D eigenvalue weighted by atomic mass is 10.0. The van der Waals surface area contributed by atoms with Gasteiger partial charge in [-0.15, -0.1) is 0 Å². The number of hydrogen-bond acceptors (Lipinski definition) is 6. The van der Waals surface area contributed by atoms with Gasteiger partial charge < -0.3 is 29.5 Å². The zero-order valence-electron chi connectivity index (χ0n) is 33.7. The Kier molecular flexibility index (Phi) is 35.4. The number of aliphatic hydroxyl groups excluding tert-OH is 1. The summed E-state index contributed by atoms with van der Waals surface area (Å²) in [4.78, 5) is 26.0. The van der Waals surface area contributed by atoms with Crippen LogP contribution in [-0.2, 0) is 23.8 Å². The summed E-state index contributed by atoms with van der Waals surface area (Å²) in [6.07, 6.45) is 18.2. The Bertz CT molecular complexity index is 1410. The lowest BCUT2D eigenvalue weighted by Gasteiger charge is -2.22. The summed E-state index contributed by atoms with van der Waals surface area (Å²) in [5.74, 6) is 35.5. The SMILES string of the molecule is CC#CC#CC#CC#CC#CC#CC#CC.CCCCCCCCCCCCCCCC(=O)NCCOCCOCC(=O)N1C[C@H](OC(C)C)C[C@H]1CO. The van der Waals surface area contributed by atoms with Crippen molar-refractivity contribution in [2.45, 2.75) is 149 Å². The molecule has 1 heterocycles. The van der Waals surface area contributed by atoms with Crippen LogP contribution in [0.25, 0.3) is 0 Å². The van der Waals surface area contributed by atoms with Gasteiger partial charge in [0.05, 0.1) is 44.7 Å². The monoisotopic (exact) mass is 740 g/mol. The molecule has 2 N–H and O–H groups in total. The predicted octanol–water partition coefficient (Wildman–Crippen LogP) is 6.05. The van der Waals surface area contributed by atoms with Crippen molar-refractivity contribution in [3.8, 4) is 82.9 Å². The van der Waals surface area contributed by atoms with Crippen molar-refractivity contribution >= 4 is 11.8 Å². The molecule has 8 nitrogen and oxygen atoms in total. The summed E-state index contributed by atoms with van der Waals surface area (Å²) in [7, 11) is 0. The van der Waals surface area contributed by atoms with E-state index in [0.717, 1.165) is 12.8 Å². The number of likely N-dealkylation sites (tertiary alicyclic amines) is 1. The Morgan fingerprint density at radius 2 is 1.15 bits per heavy atom. The van der Waals surface area contributed by atoms with Crippen LogP contribution in [-0.4, -0.2) is 86.2 Å². The van der Waals surface area contributed by atoms with Gasteiger partial charge >= 0.3 is 0 Å². The van der Waals surface area contributed by atoms with Crippen molar-refractivity contribution in [3.63, 3.8) is 0 Å². The summed E-state index contributed by atoms with van der Waals surface area (Å²) in [6, 6.07) is -0.213. The fraction of sp³-hybridized carbons (Fsp3) is 0.652. The van der Waals surface area contributed by atoms with E-state index >= 15 is 0 Å². The summed E-state index contributed by atoms with van der Waals surface area (Å²) < 4.78 is 16.7. The van der Waals surface area contributed by atoms with E-state index in [9.17, 15) is 14.7 Å². The molecule has 1 aliphatic rings. The Labute approximate surface area is 328 Å². The third-order valence-electron chi connectivity index (χ3n) is 7.98. The number of ether oxygens (including phenoxy) is 3. The minimum Gasteiger partial charge on any atom is -0.394 e. The smallest absolute Gasteiger partial charge is 0.248 e. The van der Waals surface area contributed by atoms with Crippen LogP contribution in [0.3, 0.4) is 0 Å². The van der Waals surface area contributed by atoms with Gasteiger partial charge in [0.2, 0.25) is 11.8 Å². The van der Waals surface area contributed by atoms with Gasteiger partial charge in [-0.2, -0.15) is 0 Å². The molecule has 0 saturated carbocycles. The fourth-order valence-electron chi connectivity index (χ4n) is 5.39. The molecule has 0 radical (unpaired) electrons. The maximum absolute atomic E-state index is 12.4. The molecule has 1 fully saturated rings. The van der Waals surface area contributed by atoms with Crippen molar-refractivity contribution in [3.05, 3.63) is 0 Å². The molecule has 0 bridgehead atoms. The van der Waals surface area contributed by atoms with Crippen molar-refractivity contribution in [2.24, 2.45) is 0 Å². The number of nitrogens with zero attached hydrogens (tertiary/aromatic N) is 1. The number of nitrogens with one attached hydrogen (secondary N) is 1. The van der Waals surface area contributed by atoms with Gasteiger partial charge in [-0.3, -0.25) is 9.59 Å². The van der Waals surface area contributed by atoms with Crippen molar-refractivity contribution < 1.29 is 28.9 Å². The number of unbranched alkanes of at least 4 members (excludes halogenated alkanes) is 12. The Morgan fingerprint density at radius 1 is 0.685 bits per heavy atom. The van der Waals surface area contributed by atoms with Crippen molar-refractivity contribution in [1.82, 2.24) is 10.2 Å². The molecule has 1 aliphatic heterocycles. The molecule has 0 aromatic carbocycles. The van der Waals surface area contributed by atoms with Crippen LogP contribution in [0.4, 0.5) is 0 Å². The molecule has 0 aromatic rings. The first-order valence-electron chi connectivity index (χ1n) is 19.7. The summed E-state index contributed by atoms with van der Waals surface area (Å²) in [6.45, 7) is 11.6. The zero-order chi connectivity index (χ0) is 39.7. The van der Waals surface area contributed by atoms with Crippen LogP contribution in [0.15, 0.2) is 0 Å². The standard InChI is InChI=1S/C30H58N2O6.C16H6/c1-4-5-6-7-8-9-10-11-12-13-14-15-16-17-29(34)31-18-19-36-20-21-37-25-30(35)32-23-28(38-26(2)3)22-27(32)24-33;1-3-5-7-9-11-13-15-16-14-12-10-8-6-4-2/h26-28,33H,4-25H2,1-3H3,(H,31,34);1-2H3/t27-,28+;/m0./s1. The Morgan fingerprint density at radius 3 is 1.61 bits per heavy atom. The number of carbonyl (C=O) groups excluding carboxylic acids is 2. The lowest BCUT2D eigenvalue weighted by molar-refractivity contribution is -0.138. The number of aliphatic hydroxyl groups is 1. The lowest BCUT2D eigenvalue weighted by Crippen LogP contribution is -2.40. The topological polar surface area (TPSA) is 97.3 Å². The molecule has 1 rings (SSSR count). The molecule has 2 amide bonds. The predicted molar refractivity (Wildman–Crippen MR) is 218 cm³/mol. The quantitative estimate of drug-likeness (QED) is 0.0874. The van der Waals surface area contributed by atoms with E-state index in [1.807, 2.05) is 13.8 Å². The van der Waals surface area contributed by atoms with Gasteiger partial charge in [0.25, 0.3) is 0 Å². The minimum atomic E-state index is -0.213. The van der Waals surface area contributed by atoms with E-state index in [-0.39, 0.29) is 43.3 Å². The summed E-state index contributed by atoms with van der Waals surface area (Å²) >= 11 is 0. The van der Waals surface area contributed by atoms with Crippen molar-refractivity contribution in [1.29, 1.82) is 0 Å². The zero-order valence-corrected chi connectivity index (χ0v) is 33.7. The average Bonchev–Trinajstić information content (AvgIpc) is 3.57. The van der Waals surface area contributed by atoms with Crippen LogP contribution >= 0.6 is 0 Å². The molecule has 0 aromatic heterocycles. The summed E-state index contributed by atoms with van der Waals surface area (Å²) in [5, 5.41) is 12.5. The Hall–Kier alpha value is -4.30. The van der Waals surface area contributed by atoms with Crippen LogP contribution in [0.2, 0.25) is 0 Å². The van der Waals surface area contributed by atoms with Crippen LogP contribution in [0.1, 0.15) is 131 Å².